The van der Waals surface area contributed by atoms with Gasteiger partial charge in [0.15, 0.2) is 5.25 Å². The summed E-state index contributed by atoms with van der Waals surface area (Å²) in [6.07, 6.45) is 0. The summed E-state index contributed by atoms with van der Waals surface area (Å²) in [6.45, 7) is 1.01. The summed E-state index contributed by atoms with van der Waals surface area (Å²) in [7, 11) is -4.28. The van der Waals surface area contributed by atoms with Crippen molar-refractivity contribution in [1.29, 1.82) is 0 Å². The highest BCUT2D eigenvalue weighted by Crippen LogP contribution is 1.93. The zero-order valence-corrected chi connectivity index (χ0v) is 5.55. The molecule has 6 heteroatoms. The molecule has 1 unspecified atom stereocenters. The van der Waals surface area contributed by atoms with E-state index in [9.17, 15) is 13.2 Å². The van der Waals surface area contributed by atoms with Crippen LogP contribution >= 0.6 is 0 Å². The molecule has 0 bridgehead atoms. The Labute approximate surface area is 52.6 Å². The summed E-state index contributed by atoms with van der Waals surface area (Å²) in [6, 6.07) is 0. The second kappa shape index (κ2) is 2.32. The van der Waals surface area contributed by atoms with Crippen LogP contribution in [0.4, 0.5) is 0 Å². The molecular formula is C3H7NO4S. The van der Waals surface area contributed by atoms with Crippen molar-refractivity contribution < 1.29 is 17.8 Å². The maximum absolute atomic E-state index is 10.0. The van der Waals surface area contributed by atoms with Crippen LogP contribution in [0.5, 0.6) is 0 Å². The minimum absolute atomic E-state index is 1.01. The van der Waals surface area contributed by atoms with Gasteiger partial charge >= 0.3 is 0 Å². The van der Waals surface area contributed by atoms with Gasteiger partial charge in [-0.2, -0.15) is 8.42 Å². The molecule has 1 atom stereocenters. The first kappa shape index (κ1) is 8.38. The summed E-state index contributed by atoms with van der Waals surface area (Å²) in [5.74, 6) is -1.06. The zero-order chi connectivity index (χ0) is 7.65. The van der Waals surface area contributed by atoms with E-state index in [1.54, 1.807) is 0 Å². The van der Waals surface area contributed by atoms with Gasteiger partial charge in [0.05, 0.1) is 0 Å². The van der Waals surface area contributed by atoms with Gasteiger partial charge in [-0.15, -0.1) is 0 Å². The van der Waals surface area contributed by atoms with Crippen molar-refractivity contribution >= 4 is 16.0 Å². The van der Waals surface area contributed by atoms with Crippen molar-refractivity contribution in [2.45, 2.75) is 12.2 Å². The molecule has 1 amide bonds. The molecule has 54 valence electrons. The lowest BCUT2D eigenvalue weighted by molar-refractivity contribution is -0.117. The Balaban J connectivity index is 4.43. The number of hydrogen-bond acceptors (Lipinski definition) is 3. The first-order valence-corrected chi connectivity index (χ1v) is 3.61. The van der Waals surface area contributed by atoms with Gasteiger partial charge in [-0.1, -0.05) is 0 Å². The van der Waals surface area contributed by atoms with E-state index in [-0.39, 0.29) is 0 Å². The van der Waals surface area contributed by atoms with E-state index in [1.807, 2.05) is 0 Å². The summed E-state index contributed by atoms with van der Waals surface area (Å²) in [5, 5.41) is -1.52. The topological polar surface area (TPSA) is 97.5 Å². The molecule has 5 nitrogen and oxygen atoms in total. The van der Waals surface area contributed by atoms with E-state index >= 15 is 0 Å². The van der Waals surface area contributed by atoms with E-state index in [2.05, 4.69) is 5.73 Å². The summed E-state index contributed by atoms with van der Waals surface area (Å²) in [5.41, 5.74) is 4.54. The number of carbonyl (C=O) groups is 1. The van der Waals surface area contributed by atoms with Gasteiger partial charge in [-0.05, 0) is 6.92 Å². The molecule has 0 aromatic rings. The average molecular weight is 153 g/mol. The molecule has 0 radical (unpaired) electrons. The first-order chi connectivity index (χ1) is 3.85. The zero-order valence-electron chi connectivity index (χ0n) is 4.73. The van der Waals surface area contributed by atoms with Crippen LogP contribution in [-0.4, -0.2) is 24.1 Å². The molecule has 0 saturated carbocycles. The molecular weight excluding hydrogens is 146 g/mol. The lowest BCUT2D eigenvalue weighted by atomic mass is 10.5. The molecule has 9 heavy (non-hydrogen) atoms. The van der Waals surface area contributed by atoms with Crippen LogP contribution in [-0.2, 0) is 14.9 Å². The highest BCUT2D eigenvalue weighted by Gasteiger charge is 2.22. The Kier molecular flexibility index (Phi) is 2.16. The van der Waals surface area contributed by atoms with Crippen LogP contribution < -0.4 is 5.73 Å². The number of hydrogen-bond donors (Lipinski definition) is 2. The molecule has 0 aromatic heterocycles. The van der Waals surface area contributed by atoms with Crippen LogP contribution in [0.25, 0.3) is 0 Å². The fourth-order valence-electron chi connectivity index (χ4n) is 0.147. The highest BCUT2D eigenvalue weighted by molar-refractivity contribution is 7.87. The monoisotopic (exact) mass is 153 g/mol. The maximum Gasteiger partial charge on any atom is 0.276 e. The molecule has 3 N–H and O–H groups in total. The second-order valence-electron chi connectivity index (χ2n) is 1.56. The van der Waals surface area contributed by atoms with Gasteiger partial charge in [0.1, 0.15) is 0 Å². The summed E-state index contributed by atoms with van der Waals surface area (Å²) >= 11 is 0. The molecule has 0 aliphatic heterocycles. The fraction of sp³-hybridized carbons (Fsp3) is 0.667. The Hall–Kier alpha value is -0.620. The van der Waals surface area contributed by atoms with Crippen LogP contribution in [0, 0.1) is 0 Å². The maximum atomic E-state index is 10.0. The van der Waals surface area contributed by atoms with E-state index in [1.165, 1.54) is 0 Å². The molecule has 0 aliphatic carbocycles. The van der Waals surface area contributed by atoms with Crippen molar-refractivity contribution in [3.63, 3.8) is 0 Å². The molecule has 0 heterocycles. The summed E-state index contributed by atoms with van der Waals surface area (Å²) in [4.78, 5) is 10.0. The number of rotatable bonds is 2. The Morgan fingerprint density at radius 1 is 1.67 bits per heavy atom. The molecule has 0 rings (SSSR count). The summed E-state index contributed by atoms with van der Waals surface area (Å²) < 4.78 is 28.2. The minimum atomic E-state index is -4.28. The van der Waals surface area contributed by atoms with E-state index in [4.69, 9.17) is 4.55 Å². The van der Waals surface area contributed by atoms with Crippen LogP contribution in [0.15, 0.2) is 0 Å². The van der Waals surface area contributed by atoms with E-state index in [0.29, 0.717) is 0 Å². The third-order valence-electron chi connectivity index (χ3n) is 0.847. The van der Waals surface area contributed by atoms with Crippen molar-refractivity contribution in [3.8, 4) is 0 Å². The minimum Gasteiger partial charge on any atom is -0.368 e. The molecule has 0 fully saturated rings. The first-order valence-electron chi connectivity index (χ1n) is 2.11. The quantitative estimate of drug-likeness (QED) is 0.484. The second-order valence-corrected chi connectivity index (χ2v) is 3.30. The fourth-order valence-corrected chi connectivity index (χ4v) is 0.440. The largest absolute Gasteiger partial charge is 0.368 e. The number of carbonyl (C=O) groups excluding carboxylic acids is 1. The average Bonchev–Trinajstić information content (AvgIpc) is 1.62. The molecule has 0 spiro atoms. The highest BCUT2D eigenvalue weighted by atomic mass is 32.2. The van der Waals surface area contributed by atoms with Gasteiger partial charge in [0.2, 0.25) is 5.91 Å². The normalized spacial score (nSPS) is 14.9. The van der Waals surface area contributed by atoms with Gasteiger partial charge in [0, 0.05) is 0 Å². The van der Waals surface area contributed by atoms with Crippen LogP contribution in [0.1, 0.15) is 6.92 Å². The standard InChI is InChI=1S/C3H7NO4S/c1-2(3(4)5)9(6,7)8/h2H,1H3,(H2,4,5)(H,6,7,8). The smallest absolute Gasteiger partial charge is 0.276 e. The van der Waals surface area contributed by atoms with Gasteiger partial charge < -0.3 is 5.73 Å². The third-order valence-corrected chi connectivity index (χ3v) is 1.97. The molecule has 0 aliphatic rings. The Morgan fingerprint density at radius 2 is 2.00 bits per heavy atom. The number of primary amides is 1. The van der Waals surface area contributed by atoms with Crippen molar-refractivity contribution in [3.05, 3.63) is 0 Å². The molecule has 0 saturated heterocycles. The SMILES string of the molecule is CC(C(N)=O)S(=O)(=O)O. The lowest BCUT2D eigenvalue weighted by Gasteiger charge is -1.99. The van der Waals surface area contributed by atoms with Gasteiger partial charge in [-0.3, -0.25) is 9.35 Å². The van der Waals surface area contributed by atoms with Gasteiger partial charge in [-0.25, -0.2) is 0 Å². The third kappa shape index (κ3) is 2.43. The Morgan fingerprint density at radius 3 is 2.00 bits per heavy atom. The van der Waals surface area contributed by atoms with E-state index < -0.39 is 21.3 Å². The predicted molar refractivity (Wildman–Crippen MR) is 30.2 cm³/mol. The lowest BCUT2D eigenvalue weighted by Crippen LogP contribution is -2.32. The number of amides is 1. The van der Waals surface area contributed by atoms with Gasteiger partial charge in [0.25, 0.3) is 10.1 Å². The van der Waals surface area contributed by atoms with Crippen molar-refractivity contribution in [2.24, 2.45) is 5.73 Å². The Bertz CT molecular complexity index is 206. The predicted octanol–water partition coefficient (Wildman–Crippen LogP) is -1.25. The number of nitrogens with two attached hydrogens (primary N) is 1. The van der Waals surface area contributed by atoms with Crippen LogP contribution in [0.3, 0.4) is 0 Å². The van der Waals surface area contributed by atoms with Crippen molar-refractivity contribution in [2.75, 3.05) is 0 Å². The van der Waals surface area contributed by atoms with Crippen LogP contribution in [0.2, 0.25) is 0 Å². The van der Waals surface area contributed by atoms with E-state index in [0.717, 1.165) is 6.92 Å². The molecule has 0 aromatic carbocycles. The van der Waals surface area contributed by atoms with Crippen molar-refractivity contribution in [1.82, 2.24) is 0 Å².